The van der Waals surface area contributed by atoms with Gasteiger partial charge in [-0.3, -0.25) is 14.6 Å². The number of hydrogen-bond acceptors (Lipinski definition) is 8. The summed E-state index contributed by atoms with van der Waals surface area (Å²) >= 11 is 2.79. The van der Waals surface area contributed by atoms with E-state index in [4.69, 9.17) is 19.2 Å². The molecule has 0 atom stereocenters. The van der Waals surface area contributed by atoms with E-state index in [1.807, 2.05) is 12.1 Å². The van der Waals surface area contributed by atoms with Gasteiger partial charge in [0.15, 0.2) is 5.13 Å². The summed E-state index contributed by atoms with van der Waals surface area (Å²) in [5.74, 6) is 1.19. The van der Waals surface area contributed by atoms with Crippen molar-refractivity contribution in [3.63, 3.8) is 0 Å². The zero-order valence-corrected chi connectivity index (χ0v) is 20.2. The van der Waals surface area contributed by atoms with Crippen LogP contribution in [0.2, 0.25) is 0 Å². The summed E-state index contributed by atoms with van der Waals surface area (Å²) in [5.41, 5.74) is 0.673. The van der Waals surface area contributed by atoms with Gasteiger partial charge in [-0.25, -0.2) is 9.37 Å². The molecule has 0 bridgehead atoms. The highest BCUT2D eigenvalue weighted by atomic mass is 32.2. The number of amides is 1. The van der Waals surface area contributed by atoms with Gasteiger partial charge in [-0.15, -0.1) is 11.8 Å². The van der Waals surface area contributed by atoms with Crippen LogP contribution in [-0.2, 0) is 9.53 Å². The molecule has 0 spiro atoms. The number of thioether (sulfide) groups is 1. The smallest absolute Gasteiger partial charge is 0.239 e. The zero-order valence-electron chi connectivity index (χ0n) is 18.6. The third kappa shape index (κ3) is 5.75. The number of benzene rings is 2. The lowest BCUT2D eigenvalue weighted by molar-refractivity contribution is -0.116. The summed E-state index contributed by atoms with van der Waals surface area (Å²) in [4.78, 5) is 22.9. The highest BCUT2D eigenvalue weighted by Gasteiger charge is 2.24. The van der Waals surface area contributed by atoms with E-state index in [2.05, 4.69) is 4.90 Å². The van der Waals surface area contributed by atoms with Crippen LogP contribution >= 0.6 is 23.1 Å². The van der Waals surface area contributed by atoms with Crippen LogP contribution in [0.25, 0.3) is 10.2 Å². The average Bonchev–Trinajstić information content (AvgIpc) is 3.29. The summed E-state index contributed by atoms with van der Waals surface area (Å²) in [6, 6.07) is 9.81. The maximum Gasteiger partial charge on any atom is 0.239 e. The van der Waals surface area contributed by atoms with E-state index in [9.17, 15) is 9.18 Å². The lowest BCUT2D eigenvalue weighted by Gasteiger charge is -2.29. The second-order valence-corrected chi connectivity index (χ2v) is 9.41. The molecular formula is C23H26FN3O4S2. The quantitative estimate of drug-likeness (QED) is 0.421. The van der Waals surface area contributed by atoms with Crippen molar-refractivity contribution in [2.24, 2.45) is 0 Å². The molecule has 2 aromatic carbocycles. The highest BCUT2D eigenvalue weighted by Crippen LogP contribution is 2.40. The van der Waals surface area contributed by atoms with Crippen molar-refractivity contribution in [1.29, 1.82) is 0 Å². The molecule has 3 aromatic rings. The molecule has 176 valence electrons. The summed E-state index contributed by atoms with van der Waals surface area (Å²) in [5, 5.41) is 0.603. The van der Waals surface area contributed by atoms with E-state index in [-0.39, 0.29) is 17.5 Å². The second kappa shape index (κ2) is 11.1. The predicted octanol–water partition coefficient (Wildman–Crippen LogP) is 3.91. The molecule has 0 saturated carbocycles. The van der Waals surface area contributed by atoms with Gasteiger partial charge in [0.05, 0.1) is 33.2 Å². The summed E-state index contributed by atoms with van der Waals surface area (Å²) in [7, 11) is 3.21. The normalized spacial score (nSPS) is 14.4. The van der Waals surface area contributed by atoms with Crippen LogP contribution in [0.5, 0.6) is 11.5 Å². The first kappa shape index (κ1) is 23.7. The first-order valence-electron chi connectivity index (χ1n) is 10.6. The number of thiazole rings is 1. The third-order valence-corrected chi connectivity index (χ3v) is 7.44. The lowest BCUT2D eigenvalue weighted by atomic mass is 10.3. The molecule has 0 aliphatic carbocycles. The number of carbonyl (C=O) groups is 1. The number of halogens is 1. The summed E-state index contributed by atoms with van der Waals surface area (Å²) < 4.78 is 30.5. The number of anilines is 1. The fraction of sp³-hybridized carbons (Fsp3) is 0.391. The standard InChI is InChI=1S/C23H26FN3O4S2/c1-29-18-7-8-19(30-2)22-21(18)25-23(33-22)27(10-9-26-11-13-31-14-12-26)20(28)15-32-17-5-3-16(24)4-6-17/h3-8H,9-15H2,1-2H3. The van der Waals surface area contributed by atoms with E-state index in [1.54, 1.807) is 31.3 Å². The van der Waals surface area contributed by atoms with Gasteiger partial charge in [0.25, 0.3) is 0 Å². The van der Waals surface area contributed by atoms with E-state index >= 15 is 0 Å². The van der Waals surface area contributed by atoms with Crippen molar-refractivity contribution in [2.45, 2.75) is 4.90 Å². The number of ether oxygens (including phenoxy) is 3. The Labute approximate surface area is 200 Å². The molecule has 2 heterocycles. The van der Waals surface area contributed by atoms with Crippen molar-refractivity contribution in [1.82, 2.24) is 9.88 Å². The van der Waals surface area contributed by atoms with E-state index < -0.39 is 0 Å². The molecule has 1 aliphatic heterocycles. The Morgan fingerprint density at radius 2 is 1.85 bits per heavy atom. The van der Waals surface area contributed by atoms with Gasteiger partial charge in [-0.2, -0.15) is 0 Å². The van der Waals surface area contributed by atoms with E-state index in [0.29, 0.717) is 41.9 Å². The molecule has 0 N–H and O–H groups in total. The van der Waals surface area contributed by atoms with Crippen molar-refractivity contribution in [3.8, 4) is 11.5 Å². The highest BCUT2D eigenvalue weighted by molar-refractivity contribution is 8.00. The topological polar surface area (TPSA) is 64.1 Å². The molecule has 33 heavy (non-hydrogen) atoms. The summed E-state index contributed by atoms with van der Waals surface area (Å²) in [6.07, 6.45) is 0. The molecule has 1 fully saturated rings. The molecule has 7 nitrogen and oxygen atoms in total. The van der Waals surface area contributed by atoms with Gasteiger partial charge in [-0.1, -0.05) is 11.3 Å². The van der Waals surface area contributed by atoms with Crippen LogP contribution in [0.1, 0.15) is 0 Å². The Kier molecular flexibility index (Phi) is 8.02. The fourth-order valence-electron chi connectivity index (χ4n) is 3.54. The Morgan fingerprint density at radius 3 is 2.55 bits per heavy atom. The minimum Gasteiger partial charge on any atom is -0.495 e. The number of methoxy groups -OCH3 is 2. The maximum atomic E-state index is 13.3. The number of nitrogens with zero attached hydrogens (tertiary/aromatic N) is 3. The van der Waals surface area contributed by atoms with Crippen molar-refractivity contribution < 1.29 is 23.4 Å². The van der Waals surface area contributed by atoms with E-state index in [1.165, 1.54) is 35.2 Å². The average molecular weight is 492 g/mol. The minimum absolute atomic E-state index is 0.0606. The number of morpholine rings is 1. The Bertz CT molecular complexity index is 1050. The minimum atomic E-state index is -0.296. The van der Waals surface area contributed by atoms with Crippen molar-refractivity contribution in [3.05, 3.63) is 42.2 Å². The Balaban J connectivity index is 1.58. The van der Waals surface area contributed by atoms with Crippen molar-refractivity contribution >= 4 is 44.4 Å². The van der Waals surface area contributed by atoms with Gasteiger partial charge in [-0.05, 0) is 36.4 Å². The Morgan fingerprint density at radius 1 is 1.15 bits per heavy atom. The number of hydrogen-bond donors (Lipinski definition) is 0. The number of aromatic nitrogens is 1. The van der Waals surface area contributed by atoms with Gasteiger partial charge >= 0.3 is 0 Å². The molecule has 1 saturated heterocycles. The van der Waals surface area contributed by atoms with Gasteiger partial charge in [0.1, 0.15) is 27.5 Å². The van der Waals surface area contributed by atoms with Gasteiger partial charge in [0, 0.05) is 31.1 Å². The lowest BCUT2D eigenvalue weighted by Crippen LogP contribution is -2.43. The molecule has 10 heteroatoms. The molecule has 1 amide bonds. The maximum absolute atomic E-state index is 13.3. The van der Waals surface area contributed by atoms with Crippen LogP contribution in [0.4, 0.5) is 9.52 Å². The molecule has 1 aromatic heterocycles. The monoisotopic (exact) mass is 491 g/mol. The van der Waals surface area contributed by atoms with Crippen LogP contribution < -0.4 is 14.4 Å². The zero-order chi connectivity index (χ0) is 23.2. The molecule has 1 aliphatic rings. The molecule has 0 radical (unpaired) electrons. The molecule has 0 unspecified atom stereocenters. The first-order chi connectivity index (χ1) is 16.1. The van der Waals surface area contributed by atoms with Crippen molar-refractivity contribution in [2.75, 3.05) is 64.3 Å². The first-order valence-corrected chi connectivity index (χ1v) is 12.4. The van der Waals surface area contributed by atoms with Gasteiger partial charge in [0.2, 0.25) is 5.91 Å². The van der Waals surface area contributed by atoms with Crippen LogP contribution in [0.15, 0.2) is 41.3 Å². The summed E-state index contributed by atoms with van der Waals surface area (Å²) in [6.45, 7) is 4.31. The van der Waals surface area contributed by atoms with Crippen LogP contribution in [0.3, 0.4) is 0 Å². The predicted molar refractivity (Wildman–Crippen MR) is 129 cm³/mol. The largest absolute Gasteiger partial charge is 0.495 e. The van der Waals surface area contributed by atoms with Crippen LogP contribution in [-0.4, -0.2) is 75.2 Å². The van der Waals surface area contributed by atoms with E-state index in [0.717, 1.165) is 29.2 Å². The number of carbonyl (C=O) groups excluding carboxylic acids is 1. The molecular weight excluding hydrogens is 465 g/mol. The fourth-order valence-corrected chi connectivity index (χ4v) is 5.43. The second-order valence-electron chi connectivity index (χ2n) is 7.39. The van der Waals surface area contributed by atoms with Gasteiger partial charge < -0.3 is 14.2 Å². The number of fused-ring (bicyclic) bond motifs is 1. The molecule has 4 rings (SSSR count). The SMILES string of the molecule is COc1ccc(OC)c2sc(N(CCN3CCOCC3)C(=O)CSc3ccc(F)cc3)nc12. The Hall–Kier alpha value is -2.40. The number of rotatable bonds is 9. The third-order valence-electron chi connectivity index (χ3n) is 5.35. The van der Waals surface area contributed by atoms with Crippen LogP contribution in [0, 0.1) is 5.82 Å².